The quantitative estimate of drug-likeness (QED) is 0.618. The van der Waals surface area contributed by atoms with Crippen LogP contribution in [0.3, 0.4) is 0 Å². The monoisotopic (exact) mass is 185 g/mol. The van der Waals surface area contributed by atoms with Crippen molar-refractivity contribution in [2.24, 2.45) is 5.73 Å². The Kier molecular flexibility index (Phi) is 2.16. The van der Waals surface area contributed by atoms with Crippen LogP contribution in [0.1, 0.15) is 23.1 Å². The number of hydrogen-bond donors (Lipinski definition) is 1. The number of rotatable bonds is 0. The van der Waals surface area contributed by atoms with E-state index in [2.05, 4.69) is 37.8 Å². The molecule has 0 unspecified atom stereocenters. The molecular weight excluding hydrogens is 170 g/mol. The Labute approximate surface area is 84.9 Å². The van der Waals surface area contributed by atoms with Gasteiger partial charge in [-0.25, -0.2) is 0 Å². The van der Waals surface area contributed by atoms with Crippen LogP contribution in [0.15, 0.2) is 36.0 Å². The maximum atomic E-state index is 5.89. The van der Waals surface area contributed by atoms with Gasteiger partial charge < -0.3 is 5.73 Å². The lowest BCUT2D eigenvalue weighted by Crippen LogP contribution is -1.96. The minimum Gasteiger partial charge on any atom is -0.402 e. The molecule has 1 aliphatic rings. The third kappa shape index (κ3) is 1.72. The third-order valence-corrected chi connectivity index (χ3v) is 2.54. The Morgan fingerprint density at radius 3 is 2.86 bits per heavy atom. The first-order valence-electron chi connectivity index (χ1n) is 4.87. The number of nitrogens with two attached hydrogens (primary N) is 1. The smallest absolute Gasteiger partial charge is 0.0128 e. The molecule has 0 fully saturated rings. The topological polar surface area (TPSA) is 26.0 Å². The number of allylic oxidation sites excluding steroid dienone is 1. The fourth-order valence-electron chi connectivity index (χ4n) is 1.88. The fraction of sp³-hybridized carbons (Fsp3) is 0.231. The highest BCUT2D eigenvalue weighted by Gasteiger charge is 2.08. The van der Waals surface area contributed by atoms with Crippen LogP contribution in [-0.4, -0.2) is 0 Å². The Morgan fingerprint density at radius 2 is 2.07 bits per heavy atom. The molecule has 72 valence electrons. The van der Waals surface area contributed by atoms with Crippen molar-refractivity contribution >= 4 is 6.08 Å². The van der Waals surface area contributed by atoms with Crippen LogP contribution in [0.5, 0.6) is 0 Å². The Morgan fingerprint density at radius 1 is 1.29 bits per heavy atom. The van der Waals surface area contributed by atoms with Crippen LogP contribution >= 0.6 is 0 Å². The molecule has 1 heteroatoms. The standard InChI is InChI=1S/C13H15N/c1-9-3-4-11-6-10(2)7-13(14)8-12(11)5-9/h3-5,8H,2,6-7,14H2,1H3. The van der Waals surface area contributed by atoms with E-state index in [1.165, 1.54) is 22.3 Å². The highest BCUT2D eigenvalue weighted by molar-refractivity contribution is 5.60. The van der Waals surface area contributed by atoms with Gasteiger partial charge >= 0.3 is 0 Å². The van der Waals surface area contributed by atoms with Gasteiger partial charge in [0.2, 0.25) is 0 Å². The maximum Gasteiger partial charge on any atom is 0.0128 e. The van der Waals surface area contributed by atoms with Crippen molar-refractivity contribution < 1.29 is 0 Å². The summed E-state index contributed by atoms with van der Waals surface area (Å²) in [5, 5.41) is 0. The minimum absolute atomic E-state index is 0.827. The Balaban J connectivity index is 2.54. The average molecular weight is 185 g/mol. The summed E-state index contributed by atoms with van der Waals surface area (Å²) in [6, 6.07) is 6.49. The molecule has 0 bridgehead atoms. The van der Waals surface area contributed by atoms with E-state index in [1.54, 1.807) is 0 Å². The van der Waals surface area contributed by atoms with E-state index in [1.807, 2.05) is 0 Å². The van der Waals surface area contributed by atoms with E-state index in [0.29, 0.717) is 0 Å². The molecule has 0 spiro atoms. The molecule has 0 heterocycles. The molecule has 1 aliphatic carbocycles. The van der Waals surface area contributed by atoms with E-state index in [4.69, 9.17) is 5.73 Å². The number of hydrogen-bond acceptors (Lipinski definition) is 1. The first-order valence-corrected chi connectivity index (χ1v) is 4.87. The molecule has 0 aliphatic heterocycles. The summed E-state index contributed by atoms with van der Waals surface area (Å²) in [6.07, 6.45) is 3.85. The summed E-state index contributed by atoms with van der Waals surface area (Å²) in [5.41, 5.74) is 11.9. The Hall–Kier alpha value is -1.50. The minimum atomic E-state index is 0.827. The molecule has 0 radical (unpaired) electrons. The summed E-state index contributed by atoms with van der Waals surface area (Å²) >= 11 is 0. The van der Waals surface area contributed by atoms with Crippen LogP contribution in [0.4, 0.5) is 0 Å². The summed E-state index contributed by atoms with van der Waals surface area (Å²) in [6.45, 7) is 6.13. The van der Waals surface area contributed by atoms with Gasteiger partial charge in [-0.05, 0) is 30.5 Å². The van der Waals surface area contributed by atoms with E-state index >= 15 is 0 Å². The van der Waals surface area contributed by atoms with Gasteiger partial charge in [0, 0.05) is 12.1 Å². The summed E-state index contributed by atoms with van der Waals surface area (Å²) in [4.78, 5) is 0. The lowest BCUT2D eigenvalue weighted by atomic mass is 10.0. The predicted octanol–water partition coefficient (Wildman–Crippen LogP) is 2.80. The van der Waals surface area contributed by atoms with Gasteiger partial charge in [-0.3, -0.25) is 0 Å². The van der Waals surface area contributed by atoms with Crippen LogP contribution in [0, 0.1) is 6.92 Å². The lowest BCUT2D eigenvalue weighted by molar-refractivity contribution is 1.03. The van der Waals surface area contributed by atoms with Gasteiger partial charge in [-0.15, -0.1) is 0 Å². The predicted molar refractivity (Wildman–Crippen MR) is 60.8 cm³/mol. The first kappa shape index (κ1) is 9.07. The molecule has 0 amide bonds. The van der Waals surface area contributed by atoms with Gasteiger partial charge in [0.15, 0.2) is 0 Å². The van der Waals surface area contributed by atoms with Gasteiger partial charge in [-0.1, -0.05) is 35.9 Å². The molecule has 1 aromatic rings. The van der Waals surface area contributed by atoms with E-state index in [9.17, 15) is 0 Å². The van der Waals surface area contributed by atoms with Crippen molar-refractivity contribution in [1.29, 1.82) is 0 Å². The summed E-state index contributed by atoms with van der Waals surface area (Å²) in [5.74, 6) is 0. The number of aryl methyl sites for hydroxylation is 1. The molecule has 1 nitrogen and oxygen atoms in total. The molecular formula is C13H15N. The van der Waals surface area contributed by atoms with Crippen molar-refractivity contribution in [3.63, 3.8) is 0 Å². The third-order valence-electron chi connectivity index (χ3n) is 2.54. The zero-order valence-corrected chi connectivity index (χ0v) is 8.51. The van der Waals surface area contributed by atoms with Crippen molar-refractivity contribution in [3.05, 3.63) is 52.7 Å². The van der Waals surface area contributed by atoms with Crippen molar-refractivity contribution in [3.8, 4) is 0 Å². The number of fused-ring (bicyclic) bond motifs is 1. The van der Waals surface area contributed by atoms with Crippen molar-refractivity contribution in [1.82, 2.24) is 0 Å². The summed E-state index contributed by atoms with van der Waals surface area (Å²) < 4.78 is 0. The van der Waals surface area contributed by atoms with Crippen LogP contribution < -0.4 is 5.73 Å². The Bertz CT molecular complexity index is 413. The molecule has 2 N–H and O–H groups in total. The highest BCUT2D eigenvalue weighted by atomic mass is 14.6. The van der Waals surface area contributed by atoms with Crippen molar-refractivity contribution in [2.45, 2.75) is 19.8 Å². The van der Waals surface area contributed by atoms with Gasteiger partial charge in [0.25, 0.3) is 0 Å². The molecule has 0 saturated heterocycles. The van der Waals surface area contributed by atoms with E-state index in [0.717, 1.165) is 18.5 Å². The van der Waals surface area contributed by atoms with Crippen LogP contribution in [-0.2, 0) is 6.42 Å². The van der Waals surface area contributed by atoms with E-state index in [-0.39, 0.29) is 0 Å². The second-order valence-electron chi connectivity index (χ2n) is 4.03. The van der Waals surface area contributed by atoms with Gasteiger partial charge in [0.1, 0.15) is 0 Å². The zero-order valence-electron chi connectivity index (χ0n) is 8.51. The SMILES string of the molecule is C=C1CC(N)=Cc2cc(C)ccc2C1. The molecule has 2 rings (SSSR count). The van der Waals surface area contributed by atoms with Crippen LogP contribution in [0.2, 0.25) is 0 Å². The second kappa shape index (κ2) is 3.33. The van der Waals surface area contributed by atoms with E-state index < -0.39 is 0 Å². The molecule has 0 aromatic heterocycles. The average Bonchev–Trinajstić information content (AvgIpc) is 2.21. The lowest BCUT2D eigenvalue weighted by Gasteiger charge is -2.04. The highest BCUT2D eigenvalue weighted by Crippen LogP contribution is 2.24. The molecule has 0 atom stereocenters. The molecule has 1 aromatic carbocycles. The molecule has 14 heavy (non-hydrogen) atoms. The van der Waals surface area contributed by atoms with Crippen LogP contribution in [0.25, 0.3) is 6.08 Å². The fourth-order valence-corrected chi connectivity index (χ4v) is 1.88. The van der Waals surface area contributed by atoms with Gasteiger partial charge in [-0.2, -0.15) is 0 Å². The normalized spacial score (nSPS) is 15.8. The van der Waals surface area contributed by atoms with Gasteiger partial charge in [0.05, 0.1) is 0 Å². The second-order valence-corrected chi connectivity index (χ2v) is 4.03. The maximum absolute atomic E-state index is 5.89. The molecule has 0 saturated carbocycles. The number of benzene rings is 1. The largest absolute Gasteiger partial charge is 0.402 e. The van der Waals surface area contributed by atoms with Crippen molar-refractivity contribution in [2.75, 3.05) is 0 Å². The summed E-state index contributed by atoms with van der Waals surface area (Å²) in [7, 11) is 0. The first-order chi connectivity index (χ1) is 6.65. The zero-order chi connectivity index (χ0) is 10.1.